The van der Waals surface area contributed by atoms with Gasteiger partial charge in [0.25, 0.3) is 5.91 Å². The number of nitrogens with two attached hydrogens (primary N) is 1. The number of pyridine rings is 1. The molecular weight excluding hydrogens is 464 g/mol. The molecule has 2 aromatic heterocycles. The Hall–Kier alpha value is -3.96. The van der Waals surface area contributed by atoms with Crippen molar-refractivity contribution in [3.05, 3.63) is 64.6 Å². The largest absolute Gasteiger partial charge is 0.495 e. The lowest BCUT2D eigenvalue weighted by molar-refractivity contribution is 0.0958. The summed E-state index contributed by atoms with van der Waals surface area (Å²) < 4.78 is 15.9. The second-order valence-electron chi connectivity index (χ2n) is 6.86. The molecule has 0 aliphatic carbocycles. The summed E-state index contributed by atoms with van der Waals surface area (Å²) in [5.41, 5.74) is 7.65. The van der Waals surface area contributed by atoms with Gasteiger partial charge in [-0.15, -0.1) is 10.2 Å². The zero-order chi connectivity index (χ0) is 24.5. The van der Waals surface area contributed by atoms with Crippen LogP contribution < -0.4 is 25.8 Å². The number of halogens is 1. The molecule has 3 rings (SSSR count). The Labute approximate surface area is 200 Å². The molecule has 0 saturated heterocycles. The van der Waals surface area contributed by atoms with Crippen LogP contribution in [0.25, 0.3) is 0 Å². The first-order valence-corrected chi connectivity index (χ1v) is 10.5. The van der Waals surface area contributed by atoms with Gasteiger partial charge in [-0.2, -0.15) is 0 Å². The third kappa shape index (κ3) is 6.77. The molecule has 0 aliphatic rings. The summed E-state index contributed by atoms with van der Waals surface area (Å²) in [5, 5.41) is 13.4. The number of benzene rings is 1. The highest BCUT2D eigenvalue weighted by Crippen LogP contribution is 2.30. The van der Waals surface area contributed by atoms with Crippen LogP contribution in [-0.4, -0.2) is 47.9 Å². The molecule has 0 radical (unpaired) electrons. The Morgan fingerprint density at radius 2 is 1.94 bits per heavy atom. The fraction of sp³-hybridized carbons (Fsp3) is 0.227. The number of rotatable bonds is 10. The standard InChI is InChI=1S/C22H23ClN6O5/c1-25-21(30)20-16(11-18(23)28-29-20)27-15-10-13(6-7-17(15)32-2)8-9-33-12-14-4-3-5-19(26-14)34-22(24)31/h3-7,10-11H,8-9,12H2,1-2H3,(H2,24,31)(H,25,30)(H,27,28). The lowest BCUT2D eigenvalue weighted by Gasteiger charge is -2.15. The van der Waals surface area contributed by atoms with Gasteiger partial charge in [-0.1, -0.05) is 23.7 Å². The van der Waals surface area contributed by atoms with Crippen LogP contribution in [0.5, 0.6) is 11.6 Å². The Bertz CT molecular complexity index is 1180. The molecule has 11 nitrogen and oxygen atoms in total. The maximum absolute atomic E-state index is 12.1. The van der Waals surface area contributed by atoms with Crippen LogP contribution in [0.1, 0.15) is 21.7 Å². The van der Waals surface area contributed by atoms with Crippen molar-refractivity contribution in [1.82, 2.24) is 20.5 Å². The summed E-state index contributed by atoms with van der Waals surface area (Å²) in [6.07, 6.45) is -0.338. The first-order chi connectivity index (χ1) is 16.4. The lowest BCUT2D eigenvalue weighted by Crippen LogP contribution is -2.21. The van der Waals surface area contributed by atoms with E-state index in [1.54, 1.807) is 25.3 Å². The van der Waals surface area contributed by atoms with E-state index in [2.05, 4.69) is 25.8 Å². The van der Waals surface area contributed by atoms with E-state index in [4.69, 9.17) is 31.5 Å². The van der Waals surface area contributed by atoms with Gasteiger partial charge in [-0.3, -0.25) is 4.79 Å². The van der Waals surface area contributed by atoms with Gasteiger partial charge in [0.05, 0.1) is 37.4 Å². The number of hydrogen-bond acceptors (Lipinski definition) is 9. The van der Waals surface area contributed by atoms with Crippen molar-refractivity contribution in [3.63, 3.8) is 0 Å². The van der Waals surface area contributed by atoms with Crippen LogP contribution in [0.4, 0.5) is 16.2 Å². The minimum atomic E-state index is -0.929. The number of ether oxygens (including phenoxy) is 3. The molecule has 2 heterocycles. The van der Waals surface area contributed by atoms with Gasteiger partial charge in [-0.05, 0) is 30.2 Å². The highest BCUT2D eigenvalue weighted by Gasteiger charge is 2.16. The average molecular weight is 487 g/mol. The number of methoxy groups -OCH3 is 1. The van der Waals surface area contributed by atoms with Gasteiger partial charge < -0.3 is 30.6 Å². The minimum absolute atomic E-state index is 0.0951. The average Bonchev–Trinajstić information content (AvgIpc) is 2.81. The fourth-order valence-corrected chi connectivity index (χ4v) is 3.11. The first kappa shape index (κ1) is 24.7. The highest BCUT2D eigenvalue weighted by molar-refractivity contribution is 6.29. The minimum Gasteiger partial charge on any atom is -0.495 e. The monoisotopic (exact) mass is 486 g/mol. The number of hydrogen-bond donors (Lipinski definition) is 3. The maximum atomic E-state index is 12.1. The molecule has 0 fully saturated rings. The molecule has 178 valence electrons. The van der Waals surface area contributed by atoms with Crippen LogP contribution in [-0.2, 0) is 17.8 Å². The topological polar surface area (TPSA) is 151 Å². The smallest absolute Gasteiger partial charge is 0.411 e. The number of carbonyl (C=O) groups excluding carboxylic acids is 2. The molecule has 0 saturated carbocycles. The van der Waals surface area contributed by atoms with E-state index in [1.807, 2.05) is 12.1 Å². The summed E-state index contributed by atoms with van der Waals surface area (Å²) in [6, 6.07) is 12.1. The number of nitrogens with zero attached hydrogens (tertiary/aromatic N) is 3. The Morgan fingerprint density at radius 3 is 2.68 bits per heavy atom. The van der Waals surface area contributed by atoms with Gasteiger partial charge in [0.1, 0.15) is 5.75 Å². The fourth-order valence-electron chi connectivity index (χ4n) is 2.97. The molecule has 0 bridgehead atoms. The molecule has 1 aromatic carbocycles. The van der Waals surface area contributed by atoms with Crippen LogP contribution in [0.15, 0.2) is 42.5 Å². The van der Waals surface area contributed by atoms with Gasteiger partial charge in [0.15, 0.2) is 10.8 Å². The van der Waals surface area contributed by atoms with Crippen LogP contribution in [0, 0.1) is 0 Å². The third-order valence-electron chi connectivity index (χ3n) is 4.51. The normalized spacial score (nSPS) is 10.4. The van der Waals surface area contributed by atoms with Crippen LogP contribution in [0.2, 0.25) is 5.15 Å². The second-order valence-corrected chi connectivity index (χ2v) is 7.25. The Morgan fingerprint density at radius 1 is 1.12 bits per heavy atom. The van der Waals surface area contributed by atoms with Crippen molar-refractivity contribution >= 4 is 35.0 Å². The van der Waals surface area contributed by atoms with E-state index < -0.39 is 12.0 Å². The van der Waals surface area contributed by atoms with Crippen molar-refractivity contribution in [1.29, 1.82) is 0 Å². The van der Waals surface area contributed by atoms with E-state index in [9.17, 15) is 9.59 Å². The zero-order valence-electron chi connectivity index (χ0n) is 18.5. The van der Waals surface area contributed by atoms with Crippen molar-refractivity contribution in [2.24, 2.45) is 5.73 Å². The molecule has 0 spiro atoms. The molecule has 4 N–H and O–H groups in total. The van der Waals surface area contributed by atoms with E-state index in [0.717, 1.165) is 5.56 Å². The Balaban J connectivity index is 1.66. The van der Waals surface area contributed by atoms with E-state index >= 15 is 0 Å². The summed E-state index contributed by atoms with van der Waals surface area (Å²) in [7, 11) is 3.05. The number of primary amides is 1. The van der Waals surface area contributed by atoms with E-state index in [1.165, 1.54) is 19.2 Å². The van der Waals surface area contributed by atoms with Gasteiger partial charge in [-0.25, -0.2) is 9.78 Å². The lowest BCUT2D eigenvalue weighted by atomic mass is 10.1. The quantitative estimate of drug-likeness (QED) is 0.367. The Kier molecular flexibility index (Phi) is 8.54. The molecule has 0 aliphatic heterocycles. The number of aromatic nitrogens is 3. The number of amides is 2. The zero-order valence-corrected chi connectivity index (χ0v) is 19.3. The molecule has 12 heteroatoms. The third-order valence-corrected chi connectivity index (χ3v) is 4.70. The van der Waals surface area contributed by atoms with Crippen molar-refractivity contribution in [2.45, 2.75) is 13.0 Å². The van der Waals surface area contributed by atoms with E-state index in [0.29, 0.717) is 35.8 Å². The highest BCUT2D eigenvalue weighted by atomic mass is 35.5. The van der Waals surface area contributed by atoms with Crippen molar-refractivity contribution in [3.8, 4) is 11.6 Å². The van der Waals surface area contributed by atoms with Crippen molar-refractivity contribution in [2.75, 3.05) is 26.1 Å². The summed E-state index contributed by atoms with van der Waals surface area (Å²) in [6.45, 7) is 0.633. The maximum Gasteiger partial charge on any atom is 0.411 e. The van der Waals surface area contributed by atoms with Crippen molar-refractivity contribution < 1.29 is 23.8 Å². The number of nitrogens with one attached hydrogen (secondary N) is 2. The number of anilines is 2. The van der Waals surface area contributed by atoms with E-state index in [-0.39, 0.29) is 23.3 Å². The van der Waals surface area contributed by atoms with Gasteiger partial charge >= 0.3 is 6.09 Å². The first-order valence-electron chi connectivity index (χ1n) is 10.1. The predicted molar refractivity (Wildman–Crippen MR) is 125 cm³/mol. The molecule has 0 unspecified atom stereocenters. The van der Waals surface area contributed by atoms with Gasteiger partial charge in [0.2, 0.25) is 5.88 Å². The molecule has 34 heavy (non-hydrogen) atoms. The SMILES string of the molecule is CNC(=O)c1nnc(Cl)cc1Nc1cc(CCOCc2cccc(OC(N)=O)n2)ccc1OC. The summed E-state index contributed by atoms with van der Waals surface area (Å²) in [5.74, 6) is 0.270. The molecule has 2 amide bonds. The van der Waals surface area contributed by atoms with Crippen LogP contribution in [0.3, 0.4) is 0 Å². The molecule has 0 atom stereocenters. The predicted octanol–water partition coefficient (Wildman–Crippen LogP) is 2.85. The summed E-state index contributed by atoms with van der Waals surface area (Å²) >= 11 is 5.98. The second kappa shape index (κ2) is 11.8. The summed E-state index contributed by atoms with van der Waals surface area (Å²) in [4.78, 5) is 27.1. The molecular formula is C22H23ClN6O5. The molecule has 3 aromatic rings. The van der Waals surface area contributed by atoms with Gasteiger partial charge in [0, 0.05) is 19.2 Å². The van der Waals surface area contributed by atoms with Crippen LogP contribution >= 0.6 is 11.6 Å². The number of carbonyl (C=O) groups is 2.